The van der Waals surface area contributed by atoms with Crippen molar-refractivity contribution in [2.24, 2.45) is 7.05 Å². The van der Waals surface area contributed by atoms with Crippen LogP contribution in [0.1, 0.15) is 35.4 Å². The molecule has 148 valence electrons. The van der Waals surface area contributed by atoms with Crippen LogP contribution >= 0.6 is 0 Å². The van der Waals surface area contributed by atoms with E-state index in [0.29, 0.717) is 25.8 Å². The number of sulfonamides is 1. The van der Waals surface area contributed by atoms with Crippen LogP contribution in [0, 0.1) is 20.8 Å². The van der Waals surface area contributed by atoms with Gasteiger partial charge in [-0.15, -0.1) is 0 Å². The fraction of sp³-hybridized carbons (Fsp3) is 0.474. The van der Waals surface area contributed by atoms with Gasteiger partial charge in [0.15, 0.2) is 0 Å². The van der Waals surface area contributed by atoms with Crippen molar-refractivity contribution < 1.29 is 13.2 Å². The molecule has 2 N–H and O–H groups in total. The van der Waals surface area contributed by atoms with Gasteiger partial charge in [-0.1, -0.05) is 17.7 Å². The summed E-state index contributed by atoms with van der Waals surface area (Å²) < 4.78 is 28.7. The maximum absolute atomic E-state index is 12.2. The first-order valence-electron chi connectivity index (χ1n) is 9.03. The van der Waals surface area contributed by atoms with Crippen molar-refractivity contribution in [2.45, 2.75) is 44.9 Å². The Morgan fingerprint density at radius 1 is 1.11 bits per heavy atom. The fourth-order valence-electron chi connectivity index (χ4n) is 2.83. The molecule has 8 heteroatoms. The highest BCUT2D eigenvalue weighted by molar-refractivity contribution is 7.89. The van der Waals surface area contributed by atoms with Crippen molar-refractivity contribution >= 4 is 15.9 Å². The molecule has 0 aliphatic rings. The maximum atomic E-state index is 12.2. The Morgan fingerprint density at radius 2 is 1.78 bits per heavy atom. The van der Waals surface area contributed by atoms with Crippen LogP contribution in [-0.2, 0) is 28.3 Å². The zero-order chi connectivity index (χ0) is 20.0. The summed E-state index contributed by atoms with van der Waals surface area (Å²) in [5, 5.41) is 7.18. The van der Waals surface area contributed by atoms with Crippen LogP contribution in [0.3, 0.4) is 0 Å². The number of hydrogen-bond donors (Lipinski definition) is 2. The Labute approximate surface area is 161 Å². The molecule has 0 atom stereocenters. The van der Waals surface area contributed by atoms with Gasteiger partial charge >= 0.3 is 0 Å². The Bertz CT molecular complexity index is 886. The molecule has 0 spiro atoms. The lowest BCUT2D eigenvalue weighted by Crippen LogP contribution is -2.30. The molecule has 2 rings (SSSR count). The molecule has 0 saturated heterocycles. The zero-order valence-electron chi connectivity index (χ0n) is 16.4. The number of nitrogens with zero attached hydrogens (tertiary/aromatic N) is 2. The number of amides is 1. The average molecular weight is 393 g/mol. The van der Waals surface area contributed by atoms with Gasteiger partial charge in [0.25, 0.3) is 0 Å². The summed E-state index contributed by atoms with van der Waals surface area (Å²) >= 11 is 0. The molecule has 7 nitrogen and oxygen atoms in total. The molecule has 1 heterocycles. The van der Waals surface area contributed by atoms with Gasteiger partial charge in [0, 0.05) is 32.3 Å². The summed E-state index contributed by atoms with van der Waals surface area (Å²) in [6.07, 6.45) is 1.57. The third-order valence-corrected chi connectivity index (χ3v) is 6.04. The summed E-state index contributed by atoms with van der Waals surface area (Å²) in [6, 6.07) is 6.70. The van der Waals surface area contributed by atoms with Crippen molar-refractivity contribution in [1.29, 1.82) is 0 Å². The highest BCUT2D eigenvalue weighted by Crippen LogP contribution is 2.14. The van der Waals surface area contributed by atoms with Crippen molar-refractivity contribution in [1.82, 2.24) is 19.8 Å². The van der Waals surface area contributed by atoms with E-state index in [1.165, 1.54) is 0 Å². The van der Waals surface area contributed by atoms with Crippen molar-refractivity contribution in [3.05, 3.63) is 46.8 Å². The number of hydrogen-bond acceptors (Lipinski definition) is 4. The maximum Gasteiger partial charge on any atom is 0.240 e. The van der Waals surface area contributed by atoms with E-state index in [4.69, 9.17) is 0 Å². The largest absolute Gasteiger partial charge is 0.356 e. The van der Waals surface area contributed by atoms with Crippen LogP contribution < -0.4 is 10.0 Å². The van der Waals surface area contributed by atoms with Gasteiger partial charge in [0.05, 0.1) is 10.6 Å². The molecule has 0 radical (unpaired) electrons. The minimum atomic E-state index is -3.50. The normalized spacial score (nSPS) is 11.6. The Hall–Kier alpha value is -2.19. The second-order valence-electron chi connectivity index (χ2n) is 6.69. The summed E-state index contributed by atoms with van der Waals surface area (Å²) in [6.45, 7) is 6.55. The number of carbonyl (C=O) groups is 1. The SMILES string of the molecule is Cc1ccc(S(=O)(=O)NCCCNC(=O)CCc2c(C)nn(C)c2C)cc1. The molecule has 0 unspecified atom stereocenters. The van der Waals surface area contributed by atoms with Crippen LogP contribution in [0.2, 0.25) is 0 Å². The number of carbonyl (C=O) groups excluding carboxylic acids is 1. The quantitative estimate of drug-likeness (QED) is 0.636. The van der Waals surface area contributed by atoms with E-state index in [0.717, 1.165) is 22.5 Å². The van der Waals surface area contributed by atoms with E-state index in [9.17, 15) is 13.2 Å². The minimum Gasteiger partial charge on any atom is -0.356 e. The Balaban J connectivity index is 1.69. The Morgan fingerprint density at radius 3 is 2.37 bits per heavy atom. The molecule has 0 fully saturated rings. The van der Waals surface area contributed by atoms with E-state index in [1.54, 1.807) is 24.3 Å². The molecular weight excluding hydrogens is 364 g/mol. The van der Waals surface area contributed by atoms with Gasteiger partial charge in [-0.05, 0) is 51.3 Å². The van der Waals surface area contributed by atoms with Crippen molar-refractivity contribution in [3.63, 3.8) is 0 Å². The number of nitrogens with one attached hydrogen (secondary N) is 2. The first-order valence-corrected chi connectivity index (χ1v) is 10.5. The first kappa shape index (κ1) is 21.1. The zero-order valence-corrected chi connectivity index (χ0v) is 17.2. The summed E-state index contributed by atoms with van der Waals surface area (Å²) in [4.78, 5) is 12.2. The van der Waals surface area contributed by atoms with Crippen LogP contribution in [0.15, 0.2) is 29.2 Å². The monoisotopic (exact) mass is 392 g/mol. The Kier molecular flexibility index (Phi) is 7.15. The molecule has 1 amide bonds. The van der Waals surface area contributed by atoms with Gasteiger partial charge in [0.1, 0.15) is 0 Å². The third-order valence-electron chi connectivity index (χ3n) is 4.56. The molecule has 2 aromatic rings. The lowest BCUT2D eigenvalue weighted by Gasteiger charge is -2.08. The molecule has 0 bridgehead atoms. The van der Waals surface area contributed by atoms with Crippen molar-refractivity contribution in [2.75, 3.05) is 13.1 Å². The summed E-state index contributed by atoms with van der Waals surface area (Å²) in [5.41, 5.74) is 4.14. The van der Waals surface area contributed by atoms with E-state index in [2.05, 4.69) is 15.1 Å². The average Bonchev–Trinajstić information content (AvgIpc) is 2.85. The van der Waals surface area contributed by atoms with E-state index < -0.39 is 10.0 Å². The van der Waals surface area contributed by atoms with Gasteiger partial charge in [-0.25, -0.2) is 13.1 Å². The van der Waals surface area contributed by atoms with E-state index in [1.807, 2.05) is 32.5 Å². The lowest BCUT2D eigenvalue weighted by atomic mass is 10.1. The van der Waals surface area contributed by atoms with Gasteiger partial charge in [-0.3, -0.25) is 9.48 Å². The minimum absolute atomic E-state index is 0.0426. The topological polar surface area (TPSA) is 93.1 Å². The molecule has 1 aromatic heterocycles. The molecule has 1 aromatic carbocycles. The number of benzene rings is 1. The molecule has 0 aliphatic carbocycles. The summed E-state index contributed by atoms with van der Waals surface area (Å²) in [5.74, 6) is -0.0426. The second-order valence-corrected chi connectivity index (χ2v) is 8.45. The van der Waals surface area contributed by atoms with E-state index >= 15 is 0 Å². The third kappa shape index (κ3) is 5.90. The number of aromatic nitrogens is 2. The smallest absolute Gasteiger partial charge is 0.240 e. The second kappa shape index (κ2) is 9.14. The standard InChI is InChI=1S/C19H28N4O3S/c1-14-6-8-17(9-7-14)27(25,26)21-13-5-12-20-19(24)11-10-18-15(2)22-23(4)16(18)3/h6-9,21H,5,10-13H2,1-4H3,(H,20,24). The van der Waals surface area contributed by atoms with Crippen LogP contribution in [0.5, 0.6) is 0 Å². The molecule has 27 heavy (non-hydrogen) atoms. The van der Waals surface area contributed by atoms with Crippen molar-refractivity contribution in [3.8, 4) is 0 Å². The summed E-state index contributed by atoms with van der Waals surface area (Å²) in [7, 11) is -1.61. The van der Waals surface area contributed by atoms with Gasteiger partial charge in [-0.2, -0.15) is 5.10 Å². The molecule has 0 saturated carbocycles. The first-order chi connectivity index (χ1) is 12.7. The van der Waals surface area contributed by atoms with Gasteiger partial charge in [0.2, 0.25) is 15.9 Å². The number of aryl methyl sites for hydroxylation is 3. The predicted molar refractivity (Wildman–Crippen MR) is 105 cm³/mol. The van der Waals surface area contributed by atoms with Crippen LogP contribution in [0.4, 0.5) is 0 Å². The highest BCUT2D eigenvalue weighted by Gasteiger charge is 2.13. The molecule has 0 aliphatic heterocycles. The van der Waals surface area contributed by atoms with Crippen LogP contribution in [-0.4, -0.2) is 37.2 Å². The number of rotatable bonds is 9. The lowest BCUT2D eigenvalue weighted by molar-refractivity contribution is -0.121. The fourth-order valence-corrected chi connectivity index (χ4v) is 3.90. The van der Waals surface area contributed by atoms with Gasteiger partial charge < -0.3 is 5.32 Å². The van der Waals surface area contributed by atoms with E-state index in [-0.39, 0.29) is 17.3 Å². The molecular formula is C19H28N4O3S. The predicted octanol–water partition coefficient (Wildman–Crippen LogP) is 1.76. The highest BCUT2D eigenvalue weighted by atomic mass is 32.2. The van der Waals surface area contributed by atoms with Crippen LogP contribution in [0.25, 0.3) is 0 Å².